The summed E-state index contributed by atoms with van der Waals surface area (Å²) in [5, 5.41) is 4.21. The van der Waals surface area contributed by atoms with Crippen LogP contribution in [0.15, 0.2) is 42.5 Å². The Morgan fingerprint density at radius 2 is 1.58 bits per heavy atom. The van der Waals surface area contributed by atoms with Crippen molar-refractivity contribution in [2.45, 2.75) is 46.2 Å². The minimum atomic E-state index is -3.58. The van der Waals surface area contributed by atoms with E-state index in [9.17, 15) is 18.0 Å². The van der Waals surface area contributed by atoms with Crippen LogP contribution in [0.2, 0.25) is 15.1 Å². The molecule has 0 bridgehead atoms. The predicted molar refractivity (Wildman–Crippen MR) is 147 cm³/mol. The van der Waals surface area contributed by atoms with Crippen LogP contribution in [0.25, 0.3) is 0 Å². The zero-order valence-corrected chi connectivity index (χ0v) is 23.9. The number of hydrogen-bond acceptors (Lipinski definition) is 4. The summed E-state index contributed by atoms with van der Waals surface area (Å²) in [6.07, 6.45) is 1.39. The molecule has 0 aliphatic carbocycles. The molecule has 198 valence electrons. The second-order valence-electron chi connectivity index (χ2n) is 8.99. The summed E-state index contributed by atoms with van der Waals surface area (Å²) in [5.41, 5.74) is 1.11. The van der Waals surface area contributed by atoms with E-state index in [1.807, 2.05) is 13.8 Å². The van der Waals surface area contributed by atoms with Gasteiger partial charge >= 0.3 is 0 Å². The first-order valence-corrected chi connectivity index (χ1v) is 14.5. The highest BCUT2D eigenvalue weighted by Gasteiger charge is 2.27. The molecule has 2 amide bonds. The minimum Gasteiger partial charge on any atom is -0.354 e. The standard InChI is InChI=1S/C25H32Cl3N3O4S/c1-17(2)15-29-25(33)18(3)30(16-19-7-8-21(27)14-23(19)28)24(32)6-5-13-31(36(4,34)35)22-11-9-20(26)10-12-22/h7-12,14,17-18H,5-6,13,15-16H2,1-4H3,(H,29,33)/t18-/m0/s1. The smallest absolute Gasteiger partial charge is 0.242 e. The molecule has 11 heteroatoms. The third kappa shape index (κ3) is 9.14. The van der Waals surface area contributed by atoms with E-state index in [2.05, 4.69) is 5.32 Å². The molecule has 0 heterocycles. The number of nitrogens with zero attached hydrogens (tertiary/aromatic N) is 2. The molecule has 2 aromatic carbocycles. The maximum absolute atomic E-state index is 13.3. The van der Waals surface area contributed by atoms with Gasteiger partial charge in [0.1, 0.15) is 6.04 Å². The summed E-state index contributed by atoms with van der Waals surface area (Å²) in [6, 6.07) is 10.7. The zero-order valence-electron chi connectivity index (χ0n) is 20.8. The molecule has 0 aromatic heterocycles. The maximum Gasteiger partial charge on any atom is 0.242 e. The lowest BCUT2D eigenvalue weighted by atomic mass is 10.1. The number of carbonyl (C=O) groups excluding carboxylic acids is 2. The lowest BCUT2D eigenvalue weighted by Gasteiger charge is -2.30. The van der Waals surface area contributed by atoms with Crippen LogP contribution in [0.4, 0.5) is 5.69 Å². The number of nitrogens with one attached hydrogen (secondary N) is 1. The summed E-state index contributed by atoms with van der Waals surface area (Å²) in [5.74, 6) is -0.315. The van der Waals surface area contributed by atoms with Crippen LogP contribution < -0.4 is 9.62 Å². The fourth-order valence-electron chi connectivity index (χ4n) is 3.48. The van der Waals surface area contributed by atoms with E-state index in [1.165, 1.54) is 9.21 Å². The fraction of sp³-hybridized carbons (Fsp3) is 0.440. The fourth-order valence-corrected chi connectivity index (χ4v) is 5.04. The van der Waals surface area contributed by atoms with Crippen molar-refractivity contribution in [1.29, 1.82) is 0 Å². The summed E-state index contributed by atoms with van der Waals surface area (Å²) in [6.45, 7) is 6.31. The molecular formula is C25H32Cl3N3O4S. The highest BCUT2D eigenvalue weighted by molar-refractivity contribution is 7.92. The lowest BCUT2D eigenvalue weighted by molar-refractivity contribution is -0.140. The molecule has 0 fully saturated rings. The van der Waals surface area contributed by atoms with Gasteiger partial charge in [-0.25, -0.2) is 8.42 Å². The molecule has 7 nitrogen and oxygen atoms in total. The van der Waals surface area contributed by atoms with E-state index in [-0.39, 0.29) is 43.7 Å². The van der Waals surface area contributed by atoms with Gasteiger partial charge in [0.05, 0.1) is 11.9 Å². The second kappa shape index (κ2) is 13.5. The number of hydrogen-bond donors (Lipinski definition) is 1. The van der Waals surface area contributed by atoms with Crippen LogP contribution >= 0.6 is 34.8 Å². The largest absolute Gasteiger partial charge is 0.354 e. The van der Waals surface area contributed by atoms with Crippen molar-refractivity contribution in [3.63, 3.8) is 0 Å². The Morgan fingerprint density at radius 3 is 2.14 bits per heavy atom. The van der Waals surface area contributed by atoms with Gasteiger partial charge in [0.2, 0.25) is 21.8 Å². The molecule has 0 aliphatic rings. The van der Waals surface area contributed by atoms with Crippen molar-refractivity contribution in [2.75, 3.05) is 23.7 Å². The van der Waals surface area contributed by atoms with Crippen LogP contribution in [0, 0.1) is 5.92 Å². The van der Waals surface area contributed by atoms with Crippen molar-refractivity contribution in [1.82, 2.24) is 10.2 Å². The van der Waals surface area contributed by atoms with Gasteiger partial charge in [-0.2, -0.15) is 0 Å². The van der Waals surface area contributed by atoms with Gasteiger partial charge in [0.15, 0.2) is 0 Å². The van der Waals surface area contributed by atoms with Crippen LogP contribution in [-0.2, 0) is 26.2 Å². The van der Waals surface area contributed by atoms with Gasteiger partial charge in [-0.15, -0.1) is 0 Å². The van der Waals surface area contributed by atoms with Crippen molar-refractivity contribution in [3.8, 4) is 0 Å². The average Bonchev–Trinajstić information content (AvgIpc) is 2.79. The summed E-state index contributed by atoms with van der Waals surface area (Å²) >= 11 is 18.3. The van der Waals surface area contributed by atoms with Crippen molar-refractivity contribution < 1.29 is 18.0 Å². The molecule has 1 N–H and O–H groups in total. The van der Waals surface area contributed by atoms with E-state index in [0.717, 1.165) is 6.26 Å². The normalized spacial score (nSPS) is 12.3. The highest BCUT2D eigenvalue weighted by atomic mass is 35.5. The number of halogens is 3. The maximum atomic E-state index is 13.3. The molecule has 0 radical (unpaired) electrons. The first-order chi connectivity index (χ1) is 16.8. The van der Waals surface area contributed by atoms with Gasteiger partial charge in [0.25, 0.3) is 0 Å². The van der Waals surface area contributed by atoms with Crippen LogP contribution in [0.3, 0.4) is 0 Å². The van der Waals surface area contributed by atoms with Gasteiger partial charge in [0, 0.05) is 41.1 Å². The molecular weight excluding hydrogens is 545 g/mol. The molecule has 2 rings (SSSR count). The van der Waals surface area contributed by atoms with E-state index < -0.39 is 16.1 Å². The quantitative estimate of drug-likeness (QED) is 0.367. The summed E-state index contributed by atoms with van der Waals surface area (Å²) in [4.78, 5) is 27.6. The lowest BCUT2D eigenvalue weighted by Crippen LogP contribution is -2.48. The Kier molecular flexibility index (Phi) is 11.3. The SMILES string of the molecule is CC(C)CNC(=O)[C@H](C)N(Cc1ccc(Cl)cc1Cl)C(=O)CCCN(c1ccc(Cl)cc1)S(C)(=O)=O. The van der Waals surface area contributed by atoms with E-state index >= 15 is 0 Å². The summed E-state index contributed by atoms with van der Waals surface area (Å²) in [7, 11) is -3.58. The molecule has 0 aliphatic heterocycles. The molecule has 1 atom stereocenters. The first kappa shape index (κ1) is 30.2. The Morgan fingerprint density at radius 1 is 0.972 bits per heavy atom. The van der Waals surface area contributed by atoms with E-state index in [1.54, 1.807) is 49.4 Å². The van der Waals surface area contributed by atoms with Crippen LogP contribution in [-0.4, -0.2) is 50.5 Å². The highest BCUT2D eigenvalue weighted by Crippen LogP contribution is 2.24. The van der Waals surface area contributed by atoms with E-state index in [4.69, 9.17) is 34.8 Å². The third-order valence-corrected chi connectivity index (χ3v) is 7.51. The van der Waals surface area contributed by atoms with Crippen molar-refractivity contribution in [3.05, 3.63) is 63.1 Å². The van der Waals surface area contributed by atoms with Gasteiger partial charge in [-0.1, -0.05) is 54.7 Å². The molecule has 0 saturated carbocycles. The molecule has 36 heavy (non-hydrogen) atoms. The number of anilines is 1. The second-order valence-corrected chi connectivity index (χ2v) is 12.2. The molecule has 0 saturated heterocycles. The number of amides is 2. The predicted octanol–water partition coefficient (Wildman–Crippen LogP) is 5.38. The Labute approximate surface area is 228 Å². The molecule has 2 aromatic rings. The molecule has 0 spiro atoms. The number of benzene rings is 2. The van der Waals surface area contributed by atoms with E-state index in [0.29, 0.717) is 32.9 Å². The van der Waals surface area contributed by atoms with Gasteiger partial charge in [-0.3, -0.25) is 13.9 Å². The monoisotopic (exact) mass is 575 g/mol. The van der Waals surface area contributed by atoms with Crippen molar-refractivity contribution in [2.24, 2.45) is 5.92 Å². The minimum absolute atomic E-state index is 0.0343. The van der Waals surface area contributed by atoms with Gasteiger partial charge in [-0.05, 0) is 61.2 Å². The number of rotatable bonds is 12. The topological polar surface area (TPSA) is 86.8 Å². The third-order valence-electron chi connectivity index (χ3n) is 5.47. The number of sulfonamides is 1. The Hall–Kier alpha value is -2.00. The van der Waals surface area contributed by atoms with Gasteiger partial charge < -0.3 is 10.2 Å². The summed E-state index contributed by atoms with van der Waals surface area (Å²) < 4.78 is 26.0. The zero-order chi connectivity index (χ0) is 27.0. The van der Waals surface area contributed by atoms with Crippen molar-refractivity contribution >= 4 is 62.3 Å². The first-order valence-electron chi connectivity index (χ1n) is 11.5. The Bertz CT molecular complexity index is 1160. The average molecular weight is 577 g/mol. The Balaban J connectivity index is 2.19. The van der Waals surface area contributed by atoms with Crippen LogP contribution in [0.1, 0.15) is 39.2 Å². The van der Waals surface area contributed by atoms with Crippen LogP contribution in [0.5, 0.6) is 0 Å². The number of carbonyl (C=O) groups is 2. The molecule has 0 unspecified atom stereocenters.